The molecular weight excluding hydrogens is 2290 g/mol. The predicted octanol–water partition coefficient (Wildman–Crippen LogP) is 39.3. The van der Waals surface area contributed by atoms with E-state index in [2.05, 4.69) is 0 Å². The number of nitrogens with two attached hydrogens (primary N) is 10. The number of nitrogen functional groups attached to an aromatic ring is 10. The fraction of sp³-hybridized carbons (Fsp3) is 0.333. The van der Waals surface area contributed by atoms with E-state index in [1.165, 1.54) is 13.8 Å². The second-order valence-corrected chi connectivity index (χ2v) is 39.6. The number of hydrogen-bond donors (Lipinski definition) is 10. The SMILES string of the molecule is CC(C)c1c(N)c(Cl)c(Cl)c(Cl)c1Cl.CC(C)c1c(N)c(Cl)c(Cl)c(Cl)c1F.CC(C)c1c(N)c(Cl)c(F)c(Cl)c1Cl.CC(C)c1c(N)c(Cl)c(F)c(Cl)c1F.CC(C)c1c(N)c(Cl)c(F)c(F)c1Cl.CC(C)c1c(N)c(Cl)c(F)c(F)c1F.CC(C)c1c(N)c(F)c(F)c(Cl)c1Cl.CC(C)c1c(N)c(F)c(F)c(Cl)c1F.CC(C)c1c(N)c(F)c(F)c(F)c1Cl.CC(C)c1c(N)c(F)c(F)c(F)c1F. The maximum atomic E-state index is 13.6. The van der Waals surface area contributed by atoms with Gasteiger partial charge in [-0.2, -0.15) is 0 Å². The van der Waals surface area contributed by atoms with Gasteiger partial charge >= 0.3 is 0 Å². The summed E-state index contributed by atoms with van der Waals surface area (Å²) in [7, 11) is 0. The maximum absolute atomic E-state index is 13.6. The van der Waals surface area contributed by atoms with Crippen LogP contribution >= 0.6 is 220 Å². The van der Waals surface area contributed by atoms with Gasteiger partial charge in [0.05, 0.1) is 122 Å². The molecule has 0 aliphatic heterocycles. The number of benzene rings is 10. The summed E-state index contributed by atoms with van der Waals surface area (Å²) in [5, 5.41) is -3.08. The normalized spacial score (nSPS) is 11.1. The highest BCUT2D eigenvalue weighted by molar-refractivity contribution is 6.53. The van der Waals surface area contributed by atoms with Crippen LogP contribution in [0.5, 0.6) is 0 Å². The number of hydrogen-bond acceptors (Lipinski definition) is 10. The van der Waals surface area contributed by atoms with E-state index in [-0.39, 0.29) is 175 Å². The molecule has 10 nitrogen and oxygen atoms in total. The molecule has 0 atom stereocenters. The van der Waals surface area contributed by atoms with Crippen molar-refractivity contribution < 1.29 is 92.2 Å². The lowest BCUT2D eigenvalue weighted by Crippen LogP contribution is -2.09. The molecule has 0 fully saturated rings. The van der Waals surface area contributed by atoms with Crippen molar-refractivity contribution in [2.75, 3.05) is 57.3 Å². The van der Waals surface area contributed by atoms with Crippen molar-refractivity contribution in [2.24, 2.45) is 0 Å². The summed E-state index contributed by atoms with van der Waals surface area (Å²) in [6.07, 6.45) is 0. The van der Waals surface area contributed by atoms with E-state index in [1.54, 1.807) is 96.9 Å². The zero-order valence-electron chi connectivity index (χ0n) is 76.7. The lowest BCUT2D eigenvalue weighted by atomic mass is 10.00. The summed E-state index contributed by atoms with van der Waals surface area (Å²) in [5.74, 6) is -28.7. The van der Waals surface area contributed by atoms with Gasteiger partial charge in [0.2, 0.25) is 0 Å². The van der Waals surface area contributed by atoms with Gasteiger partial charge in [-0.15, -0.1) is 0 Å². The van der Waals surface area contributed by atoms with Crippen molar-refractivity contribution >= 4 is 277 Å². The Labute approximate surface area is 890 Å². The van der Waals surface area contributed by atoms with Crippen molar-refractivity contribution in [3.63, 3.8) is 0 Å². The van der Waals surface area contributed by atoms with Crippen molar-refractivity contribution in [1.29, 1.82) is 0 Å². The number of rotatable bonds is 10. The second kappa shape index (κ2) is 55.9. The molecule has 780 valence electrons. The fourth-order valence-corrected chi connectivity index (χ4v) is 17.3. The van der Waals surface area contributed by atoms with Crippen LogP contribution in [0.2, 0.25) is 95.4 Å². The molecule has 0 aromatic heterocycles. The van der Waals surface area contributed by atoms with Crippen LogP contribution in [0.3, 0.4) is 0 Å². The van der Waals surface area contributed by atoms with Crippen LogP contribution in [0.15, 0.2) is 0 Å². The number of halogens is 40. The van der Waals surface area contributed by atoms with Crippen LogP contribution in [-0.2, 0) is 0 Å². The summed E-state index contributed by atoms with van der Waals surface area (Å²) in [5.41, 5.74) is 55.1. The van der Waals surface area contributed by atoms with Crippen LogP contribution in [0.4, 0.5) is 149 Å². The predicted molar refractivity (Wildman–Crippen MR) is 544 cm³/mol. The van der Waals surface area contributed by atoms with Gasteiger partial charge in [0.25, 0.3) is 0 Å². The lowest BCUT2D eigenvalue weighted by molar-refractivity contribution is 0.404. The van der Waals surface area contributed by atoms with Crippen LogP contribution in [0.1, 0.15) is 253 Å². The highest BCUT2D eigenvalue weighted by Gasteiger charge is 2.33. The molecule has 0 aliphatic rings. The summed E-state index contributed by atoms with van der Waals surface area (Å²) >= 11 is 107. The third-order valence-electron chi connectivity index (χ3n) is 19.2. The van der Waals surface area contributed by atoms with Crippen LogP contribution in [0.25, 0.3) is 0 Å². The summed E-state index contributed by atoms with van der Waals surface area (Å²) in [6, 6.07) is 0. The minimum atomic E-state index is -1.87. The molecule has 0 radical (unpaired) electrons. The van der Waals surface area contributed by atoms with Gasteiger partial charge in [-0.1, -0.05) is 359 Å². The Morgan fingerprint density at radius 2 is 0.236 bits per heavy atom. The highest BCUT2D eigenvalue weighted by atomic mass is 35.5. The minimum Gasteiger partial charge on any atom is -0.397 e. The van der Waals surface area contributed by atoms with Gasteiger partial charge in [0.1, 0.15) is 41.8 Å². The van der Waals surface area contributed by atoms with E-state index in [0.717, 1.165) is 5.56 Å². The monoisotopic (exact) mass is 2370 g/mol. The van der Waals surface area contributed by atoms with Gasteiger partial charge in [-0.05, 0) is 70.3 Å². The molecule has 0 saturated heterocycles. The Hall–Kier alpha value is -5.76. The molecule has 0 bridgehead atoms. The molecule has 0 saturated carbocycles. The van der Waals surface area contributed by atoms with E-state index >= 15 is 0 Å². The molecule has 140 heavy (non-hydrogen) atoms. The fourth-order valence-electron chi connectivity index (χ4n) is 12.3. The quantitative estimate of drug-likeness (QED) is 0.0268. The van der Waals surface area contributed by atoms with Crippen molar-refractivity contribution in [3.05, 3.63) is 273 Å². The van der Waals surface area contributed by atoms with Gasteiger partial charge < -0.3 is 57.3 Å². The van der Waals surface area contributed by atoms with Gasteiger partial charge in [0.15, 0.2) is 111 Å². The average molecular weight is 2380 g/mol. The van der Waals surface area contributed by atoms with Gasteiger partial charge in [-0.3, -0.25) is 0 Å². The summed E-state index contributed by atoms with van der Waals surface area (Å²) in [4.78, 5) is 0. The first-order valence-corrected chi connectivity index (χ1v) is 47.1. The van der Waals surface area contributed by atoms with E-state index < -0.39 is 175 Å². The zero-order valence-corrected chi connectivity index (χ0v) is 91.0. The molecule has 0 aliphatic carbocycles. The Morgan fingerprint density at radius 3 is 0.557 bits per heavy atom. The smallest absolute Gasteiger partial charge is 0.199 e. The average Bonchev–Trinajstić information content (AvgIpc) is 0.856. The Balaban J connectivity index is 0.000000778. The molecule has 10 aromatic rings. The lowest BCUT2D eigenvalue weighted by Gasteiger charge is -2.15. The maximum Gasteiger partial charge on any atom is 0.199 e. The third kappa shape index (κ3) is 30.3. The second-order valence-electron chi connectivity index (χ2n) is 32.4. The Kier molecular flexibility index (Phi) is 52.8. The molecular formula is C90H90Cl19F21N10. The first-order valence-electron chi connectivity index (χ1n) is 39.9. The van der Waals surface area contributed by atoms with Gasteiger partial charge in [-0.25, -0.2) is 92.2 Å². The van der Waals surface area contributed by atoms with Crippen molar-refractivity contribution in [3.8, 4) is 0 Å². The molecule has 10 aromatic carbocycles. The Morgan fingerprint density at radius 1 is 0.107 bits per heavy atom. The minimum absolute atomic E-state index is 0.00515. The Bertz CT molecular complexity index is 4710. The zero-order chi connectivity index (χ0) is 110. The largest absolute Gasteiger partial charge is 0.397 e. The third-order valence-corrected chi connectivity index (χ3v) is 26.9. The van der Waals surface area contributed by atoms with Crippen molar-refractivity contribution in [2.45, 2.75) is 198 Å². The van der Waals surface area contributed by atoms with Crippen LogP contribution in [-0.4, -0.2) is 0 Å². The standard InChI is InChI=1S/C9H9Cl4N.2C9H9Cl3FN.3C9H9Cl2F2N.3C9H9ClF3N.C9H9F4N/c1-3(2)4-5(10)6(11)7(12)8(13)9(4)14;1-3(2)4-8(13)6(11)5(10)7(12)9(4)14;1-3(2)4-5(10)6(11)8(13)7(12)9(4)14;1-3(2)4-7(12)5(10)8(13)6(11)9(4)14;1-3(2)4-5(10)7(12)8(13)6(11)9(4)14;1-3(2)4-5(10)6(11)7(12)8(13)9(4)14;1-3(2)4-6(11)8(13)7(12)5(10)9(4)14;1-3(2)4-6(11)5(10)7(12)8(13)9(4)14;2*1-3(2)4-5(10)6(11)7(12)8(13)9(4)14/h10*3H,14H2,1-2H3. The highest BCUT2D eigenvalue weighted by Crippen LogP contribution is 2.50. The van der Waals surface area contributed by atoms with E-state index in [4.69, 9.17) is 278 Å². The first kappa shape index (κ1) is 132. The van der Waals surface area contributed by atoms with Crippen LogP contribution < -0.4 is 57.3 Å². The first-order chi connectivity index (χ1) is 63.7. The molecule has 20 N–H and O–H groups in total. The molecule has 0 unspecified atom stereocenters. The van der Waals surface area contributed by atoms with Crippen molar-refractivity contribution in [1.82, 2.24) is 0 Å². The molecule has 0 heterocycles. The summed E-state index contributed by atoms with van der Waals surface area (Å²) < 4.78 is 274. The molecule has 10 rings (SSSR count). The number of anilines is 10. The van der Waals surface area contributed by atoms with Gasteiger partial charge in [0, 0.05) is 44.5 Å². The topological polar surface area (TPSA) is 260 Å². The van der Waals surface area contributed by atoms with E-state index in [0.29, 0.717) is 33.0 Å². The molecule has 50 heteroatoms. The van der Waals surface area contributed by atoms with Crippen LogP contribution in [0, 0.1) is 122 Å². The molecule has 0 spiro atoms. The van der Waals surface area contributed by atoms with E-state index in [9.17, 15) is 92.2 Å². The van der Waals surface area contributed by atoms with E-state index in [1.807, 2.05) is 27.7 Å². The summed E-state index contributed by atoms with van der Waals surface area (Å²) in [6.45, 7) is 34.6. The molecule has 0 amide bonds.